The van der Waals surface area contributed by atoms with Gasteiger partial charge in [-0.3, -0.25) is 14.5 Å². The van der Waals surface area contributed by atoms with Crippen molar-refractivity contribution < 1.29 is 14.4 Å². The van der Waals surface area contributed by atoms with Gasteiger partial charge in [-0.05, 0) is 31.9 Å². The number of benzene rings is 1. The van der Waals surface area contributed by atoms with Crippen LogP contribution < -0.4 is 10.2 Å². The second kappa shape index (κ2) is 7.65. The molecular formula is C18H24N4O3. The molecule has 0 saturated carbocycles. The second-order valence-electron chi connectivity index (χ2n) is 6.44. The molecule has 0 bridgehead atoms. The summed E-state index contributed by atoms with van der Waals surface area (Å²) in [6, 6.07) is 8.85. The zero-order valence-corrected chi connectivity index (χ0v) is 14.5. The van der Waals surface area contributed by atoms with E-state index in [0.29, 0.717) is 18.8 Å². The van der Waals surface area contributed by atoms with Gasteiger partial charge in [0.2, 0.25) is 5.91 Å². The van der Waals surface area contributed by atoms with Gasteiger partial charge in [-0.15, -0.1) is 0 Å². The Labute approximate surface area is 147 Å². The smallest absolute Gasteiger partial charge is 0.332 e. The van der Waals surface area contributed by atoms with Gasteiger partial charge >= 0.3 is 6.03 Å². The summed E-state index contributed by atoms with van der Waals surface area (Å²) in [5.74, 6) is -0.149. The summed E-state index contributed by atoms with van der Waals surface area (Å²) >= 11 is 0. The summed E-state index contributed by atoms with van der Waals surface area (Å²) in [4.78, 5) is 41.7. The first kappa shape index (κ1) is 17.4. The summed E-state index contributed by atoms with van der Waals surface area (Å²) in [7, 11) is 0. The predicted molar refractivity (Wildman–Crippen MR) is 94.2 cm³/mol. The van der Waals surface area contributed by atoms with E-state index in [1.54, 1.807) is 17.0 Å². The van der Waals surface area contributed by atoms with E-state index in [0.717, 1.165) is 25.9 Å². The van der Waals surface area contributed by atoms with Crippen LogP contribution in [0.4, 0.5) is 10.5 Å². The molecule has 0 radical (unpaired) electrons. The average Bonchev–Trinajstić information content (AvgIpc) is 2.91. The van der Waals surface area contributed by atoms with Crippen LogP contribution in [0.3, 0.4) is 0 Å². The number of piperidine rings is 1. The maximum Gasteiger partial charge on any atom is 0.332 e. The van der Waals surface area contributed by atoms with Gasteiger partial charge in [0.05, 0.1) is 12.2 Å². The number of carbonyl (C=O) groups excluding carboxylic acids is 3. The van der Waals surface area contributed by atoms with Crippen molar-refractivity contribution in [2.24, 2.45) is 0 Å². The first-order valence-electron chi connectivity index (χ1n) is 8.77. The van der Waals surface area contributed by atoms with Crippen LogP contribution in [0.25, 0.3) is 0 Å². The monoisotopic (exact) mass is 344 g/mol. The number of hydrogen-bond acceptors (Lipinski definition) is 4. The molecule has 2 saturated heterocycles. The fourth-order valence-electron chi connectivity index (χ4n) is 3.48. The van der Waals surface area contributed by atoms with Crippen molar-refractivity contribution in [3.05, 3.63) is 30.3 Å². The number of amides is 4. The number of imide groups is 1. The molecule has 2 fully saturated rings. The van der Waals surface area contributed by atoms with Crippen LogP contribution in [0.15, 0.2) is 30.3 Å². The lowest BCUT2D eigenvalue weighted by Crippen LogP contribution is -2.48. The van der Waals surface area contributed by atoms with Crippen LogP contribution in [0.1, 0.15) is 19.8 Å². The van der Waals surface area contributed by atoms with E-state index in [1.165, 1.54) is 4.90 Å². The summed E-state index contributed by atoms with van der Waals surface area (Å²) in [5, 5.41) is 2.80. The number of hydrogen-bond donors (Lipinski definition) is 1. The molecule has 25 heavy (non-hydrogen) atoms. The van der Waals surface area contributed by atoms with Crippen LogP contribution in [0.5, 0.6) is 0 Å². The van der Waals surface area contributed by atoms with Gasteiger partial charge in [-0.1, -0.05) is 18.2 Å². The van der Waals surface area contributed by atoms with E-state index in [4.69, 9.17) is 0 Å². The second-order valence-corrected chi connectivity index (χ2v) is 6.44. The lowest BCUT2D eigenvalue weighted by atomic mass is 10.0. The van der Waals surface area contributed by atoms with E-state index < -0.39 is 0 Å². The van der Waals surface area contributed by atoms with E-state index in [9.17, 15) is 14.4 Å². The number of nitrogens with zero attached hydrogens (tertiary/aromatic N) is 3. The number of urea groups is 1. The topological polar surface area (TPSA) is 73.0 Å². The van der Waals surface area contributed by atoms with Crippen molar-refractivity contribution in [1.82, 2.24) is 15.1 Å². The van der Waals surface area contributed by atoms with E-state index in [2.05, 4.69) is 10.2 Å². The highest BCUT2D eigenvalue weighted by molar-refractivity contribution is 6.19. The van der Waals surface area contributed by atoms with E-state index in [1.807, 2.05) is 25.1 Å². The van der Waals surface area contributed by atoms with Crippen LogP contribution in [0.2, 0.25) is 0 Å². The number of para-hydroxylation sites is 1. The summed E-state index contributed by atoms with van der Waals surface area (Å²) in [6.07, 6.45) is 1.56. The minimum atomic E-state index is -0.238. The maximum atomic E-state index is 12.7. The first-order chi connectivity index (χ1) is 12.1. The molecule has 0 aromatic heterocycles. The lowest BCUT2D eigenvalue weighted by molar-refractivity contribution is -0.122. The Kier molecular flexibility index (Phi) is 5.33. The Balaban J connectivity index is 1.58. The third kappa shape index (κ3) is 3.82. The molecule has 1 N–H and O–H groups in total. The zero-order chi connectivity index (χ0) is 17.8. The molecule has 0 unspecified atom stereocenters. The highest BCUT2D eigenvalue weighted by Gasteiger charge is 2.41. The largest absolute Gasteiger partial charge is 0.355 e. The molecule has 0 aliphatic carbocycles. The molecule has 7 nitrogen and oxygen atoms in total. The van der Waals surface area contributed by atoms with Gasteiger partial charge < -0.3 is 10.2 Å². The molecule has 4 amide bonds. The maximum absolute atomic E-state index is 12.7. The number of rotatable bonds is 5. The molecule has 7 heteroatoms. The van der Waals surface area contributed by atoms with Gasteiger partial charge in [0.1, 0.15) is 6.54 Å². The molecule has 0 spiro atoms. The number of likely N-dealkylation sites (N-methyl/N-ethyl adjacent to an activating group) is 1. The van der Waals surface area contributed by atoms with Crippen molar-refractivity contribution in [3.8, 4) is 0 Å². The number of nitrogens with one attached hydrogen (secondary N) is 1. The highest BCUT2D eigenvalue weighted by Crippen LogP contribution is 2.26. The van der Waals surface area contributed by atoms with Crippen molar-refractivity contribution in [1.29, 1.82) is 0 Å². The average molecular weight is 344 g/mol. The lowest BCUT2D eigenvalue weighted by Gasteiger charge is -2.35. The number of carbonyl (C=O) groups is 3. The SMILES string of the molecule is CCNC(=O)CN1CCC(N2CC(=O)N(c3ccccc3)C2=O)CC1. The molecule has 0 atom stereocenters. The van der Waals surface area contributed by atoms with Gasteiger partial charge in [-0.25, -0.2) is 9.69 Å². The molecule has 134 valence electrons. The Hall–Kier alpha value is -2.41. The predicted octanol–water partition coefficient (Wildman–Crippen LogP) is 1.06. The van der Waals surface area contributed by atoms with Gasteiger partial charge in [0.15, 0.2) is 0 Å². The molecule has 3 rings (SSSR count). The minimum absolute atomic E-state index is 0.0311. The van der Waals surface area contributed by atoms with Crippen molar-refractivity contribution >= 4 is 23.5 Å². The number of anilines is 1. The van der Waals surface area contributed by atoms with E-state index in [-0.39, 0.29) is 30.4 Å². The zero-order valence-electron chi connectivity index (χ0n) is 14.5. The van der Waals surface area contributed by atoms with Gasteiger partial charge in [-0.2, -0.15) is 0 Å². The number of likely N-dealkylation sites (tertiary alicyclic amines) is 1. The Morgan fingerprint density at radius 2 is 1.84 bits per heavy atom. The van der Waals surface area contributed by atoms with Crippen LogP contribution >= 0.6 is 0 Å². The van der Waals surface area contributed by atoms with Gasteiger partial charge in [0.25, 0.3) is 5.91 Å². The normalized spacial score (nSPS) is 19.6. The Morgan fingerprint density at radius 3 is 2.48 bits per heavy atom. The van der Waals surface area contributed by atoms with Crippen LogP contribution in [-0.2, 0) is 9.59 Å². The summed E-state index contributed by atoms with van der Waals surface area (Å²) < 4.78 is 0. The van der Waals surface area contributed by atoms with E-state index >= 15 is 0 Å². The van der Waals surface area contributed by atoms with Crippen molar-refractivity contribution in [3.63, 3.8) is 0 Å². The summed E-state index contributed by atoms with van der Waals surface area (Å²) in [5.41, 5.74) is 0.619. The van der Waals surface area contributed by atoms with Gasteiger partial charge in [0, 0.05) is 25.7 Å². The molecule has 2 heterocycles. The molecule has 2 aliphatic rings. The fraction of sp³-hybridized carbons (Fsp3) is 0.500. The van der Waals surface area contributed by atoms with Crippen molar-refractivity contribution in [2.75, 3.05) is 37.6 Å². The third-order valence-corrected chi connectivity index (χ3v) is 4.75. The molecular weight excluding hydrogens is 320 g/mol. The Bertz CT molecular complexity index is 641. The standard InChI is InChI=1S/C18H24N4O3/c1-2-19-16(23)12-20-10-8-14(9-11-20)21-13-17(24)22(18(21)25)15-6-4-3-5-7-15/h3-7,14H,2,8-13H2,1H3,(H,19,23). The minimum Gasteiger partial charge on any atom is -0.355 e. The highest BCUT2D eigenvalue weighted by atomic mass is 16.2. The summed E-state index contributed by atoms with van der Waals surface area (Å²) in [6.45, 7) is 4.57. The van der Waals surface area contributed by atoms with Crippen LogP contribution in [0, 0.1) is 0 Å². The Morgan fingerprint density at radius 1 is 1.16 bits per heavy atom. The third-order valence-electron chi connectivity index (χ3n) is 4.75. The van der Waals surface area contributed by atoms with Crippen molar-refractivity contribution in [2.45, 2.75) is 25.8 Å². The molecule has 2 aliphatic heterocycles. The quantitative estimate of drug-likeness (QED) is 0.811. The fourth-order valence-corrected chi connectivity index (χ4v) is 3.48. The van der Waals surface area contributed by atoms with Crippen LogP contribution in [-0.4, -0.2) is 66.4 Å². The molecule has 1 aromatic carbocycles. The first-order valence-corrected chi connectivity index (χ1v) is 8.77. The molecule has 1 aromatic rings.